The third-order valence-corrected chi connectivity index (χ3v) is 3.85. The molecule has 0 spiro atoms. The standard InChI is InChI=1S/C12H12BrFN2O/c13-11-8(6-15)3-4-10(12(11)14)16-5-1-2-9(16)7-17/h3-4,9,17H,1-2,5,7H2. The van der Waals surface area contributed by atoms with Gasteiger partial charge in [-0.2, -0.15) is 5.26 Å². The smallest absolute Gasteiger partial charge is 0.161 e. The molecule has 1 aromatic carbocycles. The third-order valence-electron chi connectivity index (χ3n) is 3.08. The molecule has 0 aromatic heterocycles. The van der Waals surface area contributed by atoms with E-state index in [0.717, 1.165) is 19.4 Å². The normalized spacial score (nSPS) is 19.4. The molecule has 1 aliphatic rings. The molecule has 1 aromatic rings. The Morgan fingerprint density at radius 2 is 2.35 bits per heavy atom. The van der Waals surface area contributed by atoms with Gasteiger partial charge in [0.15, 0.2) is 5.82 Å². The monoisotopic (exact) mass is 298 g/mol. The predicted molar refractivity (Wildman–Crippen MR) is 66.3 cm³/mol. The Balaban J connectivity index is 2.40. The number of nitrogens with zero attached hydrogens (tertiary/aromatic N) is 2. The van der Waals surface area contributed by atoms with E-state index in [2.05, 4.69) is 15.9 Å². The summed E-state index contributed by atoms with van der Waals surface area (Å²) in [6.45, 7) is 0.761. The Morgan fingerprint density at radius 3 is 3.00 bits per heavy atom. The molecule has 1 saturated heterocycles. The highest BCUT2D eigenvalue weighted by Gasteiger charge is 2.27. The van der Waals surface area contributed by atoms with Gasteiger partial charge >= 0.3 is 0 Å². The maximum absolute atomic E-state index is 14.1. The van der Waals surface area contributed by atoms with E-state index in [0.29, 0.717) is 5.69 Å². The first-order valence-corrected chi connectivity index (χ1v) is 6.24. The van der Waals surface area contributed by atoms with Gasteiger partial charge in [-0.1, -0.05) is 0 Å². The van der Waals surface area contributed by atoms with Gasteiger partial charge in [0, 0.05) is 6.54 Å². The first-order chi connectivity index (χ1) is 8.19. The van der Waals surface area contributed by atoms with Crippen LogP contribution in [-0.4, -0.2) is 24.3 Å². The van der Waals surface area contributed by atoms with Crippen molar-refractivity contribution >= 4 is 21.6 Å². The summed E-state index contributed by atoms with van der Waals surface area (Å²) in [7, 11) is 0. The second-order valence-electron chi connectivity index (χ2n) is 4.04. The summed E-state index contributed by atoms with van der Waals surface area (Å²) in [5.41, 5.74) is 0.735. The van der Waals surface area contributed by atoms with E-state index < -0.39 is 5.82 Å². The van der Waals surface area contributed by atoms with Crippen molar-refractivity contribution < 1.29 is 9.50 Å². The second-order valence-corrected chi connectivity index (χ2v) is 4.84. The minimum atomic E-state index is -0.426. The van der Waals surface area contributed by atoms with Gasteiger partial charge in [0.05, 0.1) is 28.4 Å². The molecule has 0 bridgehead atoms. The van der Waals surface area contributed by atoms with Gasteiger partial charge in [-0.25, -0.2) is 4.39 Å². The molecule has 90 valence electrons. The van der Waals surface area contributed by atoms with Crippen molar-refractivity contribution in [2.75, 3.05) is 18.1 Å². The van der Waals surface area contributed by atoms with Gasteiger partial charge in [0.1, 0.15) is 6.07 Å². The summed E-state index contributed by atoms with van der Waals surface area (Å²) >= 11 is 3.09. The number of aliphatic hydroxyl groups excluding tert-OH is 1. The van der Waals surface area contributed by atoms with Crippen molar-refractivity contribution in [1.29, 1.82) is 5.26 Å². The summed E-state index contributed by atoms with van der Waals surface area (Å²) < 4.78 is 14.3. The van der Waals surface area contributed by atoms with E-state index in [-0.39, 0.29) is 22.7 Å². The highest BCUT2D eigenvalue weighted by Crippen LogP contribution is 2.33. The van der Waals surface area contributed by atoms with Gasteiger partial charge in [-0.05, 0) is 40.9 Å². The average molecular weight is 299 g/mol. The van der Waals surface area contributed by atoms with Gasteiger partial charge in [0.25, 0.3) is 0 Å². The quantitative estimate of drug-likeness (QED) is 0.912. The van der Waals surface area contributed by atoms with Gasteiger partial charge < -0.3 is 10.0 Å². The Labute approximate surface area is 108 Å². The fourth-order valence-electron chi connectivity index (χ4n) is 2.19. The first-order valence-electron chi connectivity index (χ1n) is 5.44. The number of halogens is 2. The fourth-order valence-corrected chi connectivity index (χ4v) is 2.61. The zero-order valence-electron chi connectivity index (χ0n) is 9.16. The molecule has 3 nitrogen and oxygen atoms in total. The molecule has 0 amide bonds. The zero-order chi connectivity index (χ0) is 12.4. The van der Waals surface area contributed by atoms with E-state index in [9.17, 15) is 9.50 Å². The fraction of sp³-hybridized carbons (Fsp3) is 0.417. The van der Waals surface area contributed by atoms with Crippen LogP contribution < -0.4 is 4.90 Å². The van der Waals surface area contributed by atoms with E-state index >= 15 is 0 Å². The van der Waals surface area contributed by atoms with Gasteiger partial charge in [0.2, 0.25) is 0 Å². The predicted octanol–water partition coefficient (Wildman–Crippen LogP) is 2.42. The lowest BCUT2D eigenvalue weighted by Crippen LogP contribution is -2.32. The minimum absolute atomic E-state index is 0.0238. The highest BCUT2D eigenvalue weighted by atomic mass is 79.9. The number of hydrogen-bond donors (Lipinski definition) is 1. The Kier molecular flexibility index (Phi) is 3.65. The number of hydrogen-bond acceptors (Lipinski definition) is 3. The molecule has 0 radical (unpaired) electrons. The van der Waals surface area contributed by atoms with Crippen molar-refractivity contribution in [3.05, 3.63) is 28.0 Å². The summed E-state index contributed by atoms with van der Waals surface area (Å²) in [5.74, 6) is -0.426. The average Bonchev–Trinajstić information content (AvgIpc) is 2.80. The molecule has 1 heterocycles. The number of rotatable bonds is 2. The minimum Gasteiger partial charge on any atom is -0.394 e. The van der Waals surface area contributed by atoms with E-state index in [1.807, 2.05) is 11.0 Å². The second kappa shape index (κ2) is 5.03. The molecule has 1 fully saturated rings. The maximum atomic E-state index is 14.1. The van der Waals surface area contributed by atoms with Crippen LogP contribution in [0, 0.1) is 17.1 Å². The lowest BCUT2D eigenvalue weighted by Gasteiger charge is -2.26. The van der Waals surface area contributed by atoms with E-state index in [4.69, 9.17) is 5.26 Å². The van der Waals surface area contributed by atoms with Crippen LogP contribution in [-0.2, 0) is 0 Å². The Hall–Kier alpha value is -1.12. The lowest BCUT2D eigenvalue weighted by atomic mass is 10.1. The highest BCUT2D eigenvalue weighted by molar-refractivity contribution is 9.10. The van der Waals surface area contributed by atoms with Crippen molar-refractivity contribution in [2.45, 2.75) is 18.9 Å². The number of aliphatic hydroxyl groups is 1. The summed E-state index contributed by atoms with van der Waals surface area (Å²) in [5, 5.41) is 18.0. The Morgan fingerprint density at radius 1 is 1.59 bits per heavy atom. The lowest BCUT2D eigenvalue weighted by molar-refractivity contribution is 0.266. The number of nitriles is 1. The molecule has 0 aliphatic carbocycles. The molecular formula is C12H12BrFN2O. The topological polar surface area (TPSA) is 47.3 Å². The van der Waals surface area contributed by atoms with Crippen LogP contribution in [0.4, 0.5) is 10.1 Å². The van der Waals surface area contributed by atoms with E-state index in [1.54, 1.807) is 12.1 Å². The van der Waals surface area contributed by atoms with Crippen LogP contribution in [0.3, 0.4) is 0 Å². The van der Waals surface area contributed by atoms with Crippen molar-refractivity contribution in [3.63, 3.8) is 0 Å². The molecule has 1 N–H and O–H groups in total. The van der Waals surface area contributed by atoms with Crippen molar-refractivity contribution in [2.24, 2.45) is 0 Å². The molecule has 1 atom stereocenters. The first kappa shape index (κ1) is 12.3. The SMILES string of the molecule is N#Cc1ccc(N2CCCC2CO)c(F)c1Br. The van der Waals surface area contributed by atoms with E-state index in [1.165, 1.54) is 0 Å². The molecule has 0 saturated carbocycles. The maximum Gasteiger partial charge on any atom is 0.161 e. The Bertz CT molecular complexity index is 472. The van der Waals surface area contributed by atoms with Gasteiger partial charge in [-0.3, -0.25) is 0 Å². The molecule has 5 heteroatoms. The molecule has 1 unspecified atom stereocenters. The largest absolute Gasteiger partial charge is 0.394 e. The van der Waals surface area contributed by atoms with Gasteiger partial charge in [-0.15, -0.1) is 0 Å². The van der Waals surface area contributed by atoms with Crippen molar-refractivity contribution in [1.82, 2.24) is 0 Å². The molecule has 1 aliphatic heterocycles. The van der Waals surface area contributed by atoms with Crippen LogP contribution in [0.2, 0.25) is 0 Å². The van der Waals surface area contributed by atoms with Crippen LogP contribution >= 0.6 is 15.9 Å². The molecule has 2 rings (SSSR count). The molecular weight excluding hydrogens is 287 g/mol. The van der Waals surface area contributed by atoms with Crippen molar-refractivity contribution in [3.8, 4) is 6.07 Å². The third kappa shape index (κ3) is 2.15. The van der Waals surface area contributed by atoms with Crippen LogP contribution in [0.5, 0.6) is 0 Å². The number of benzene rings is 1. The summed E-state index contributed by atoms with van der Waals surface area (Å²) in [4.78, 5) is 1.86. The van der Waals surface area contributed by atoms with Crippen LogP contribution in [0.15, 0.2) is 16.6 Å². The summed E-state index contributed by atoms with van der Waals surface area (Å²) in [6, 6.07) is 5.10. The number of anilines is 1. The van der Waals surface area contributed by atoms with Crippen LogP contribution in [0.1, 0.15) is 18.4 Å². The zero-order valence-corrected chi connectivity index (χ0v) is 10.7. The molecule has 17 heavy (non-hydrogen) atoms. The summed E-state index contributed by atoms with van der Waals surface area (Å²) in [6.07, 6.45) is 1.82. The van der Waals surface area contributed by atoms with Crippen LogP contribution in [0.25, 0.3) is 0 Å².